The van der Waals surface area contributed by atoms with Crippen LogP contribution in [-0.4, -0.2) is 20.5 Å². The average Bonchev–Trinajstić information content (AvgIpc) is 2.61. The maximum absolute atomic E-state index is 14.1. The van der Waals surface area contributed by atoms with E-state index in [4.69, 9.17) is 11.6 Å². The second-order valence-corrected chi connectivity index (χ2v) is 9.79. The van der Waals surface area contributed by atoms with Gasteiger partial charge in [0.25, 0.3) is 0 Å². The normalized spacial score (nSPS) is 15.4. The topological polar surface area (TPSA) is 65.8 Å². The molecule has 1 unspecified atom stereocenters. The summed E-state index contributed by atoms with van der Waals surface area (Å²) >= 11 is 5.83. The van der Waals surface area contributed by atoms with Crippen LogP contribution >= 0.6 is 11.6 Å². The van der Waals surface area contributed by atoms with Crippen LogP contribution in [0, 0.1) is 17.1 Å². The molecule has 0 amide bonds. The van der Waals surface area contributed by atoms with Crippen LogP contribution in [0.5, 0.6) is 0 Å². The van der Waals surface area contributed by atoms with Crippen molar-refractivity contribution in [3.8, 4) is 6.07 Å². The first-order valence-electron chi connectivity index (χ1n) is 8.36. The lowest BCUT2D eigenvalue weighted by Gasteiger charge is -2.29. The summed E-state index contributed by atoms with van der Waals surface area (Å²) in [4.78, 5) is 4.06. The van der Waals surface area contributed by atoms with Crippen LogP contribution in [-0.2, 0) is 22.6 Å². The number of halogens is 5. The molecule has 4 nitrogen and oxygen atoms in total. The van der Waals surface area contributed by atoms with E-state index >= 15 is 0 Å². The number of alkyl halides is 3. The first-order chi connectivity index (χ1) is 13.3. The zero-order chi connectivity index (χ0) is 22.0. The van der Waals surface area contributed by atoms with Gasteiger partial charge >= 0.3 is 6.18 Å². The highest BCUT2D eigenvalue weighted by molar-refractivity contribution is 7.84. The van der Waals surface area contributed by atoms with Crippen molar-refractivity contribution < 1.29 is 21.8 Å². The van der Waals surface area contributed by atoms with Gasteiger partial charge in [-0.15, -0.1) is 0 Å². The van der Waals surface area contributed by atoms with Gasteiger partial charge < -0.3 is 0 Å². The Morgan fingerprint density at radius 2 is 1.79 bits per heavy atom. The van der Waals surface area contributed by atoms with Crippen molar-refractivity contribution >= 4 is 22.6 Å². The van der Waals surface area contributed by atoms with E-state index in [1.807, 2.05) is 6.07 Å². The Hall–Kier alpha value is -2.02. The highest BCUT2D eigenvalue weighted by Crippen LogP contribution is 2.36. The number of nitriles is 1. The molecule has 10 heteroatoms. The molecule has 29 heavy (non-hydrogen) atoms. The van der Waals surface area contributed by atoms with Gasteiger partial charge in [-0.25, -0.2) is 13.3 Å². The quantitative estimate of drug-likeness (QED) is 0.672. The Kier molecular flexibility index (Phi) is 6.72. The summed E-state index contributed by atoms with van der Waals surface area (Å²) in [6.07, 6.45) is -3.58. The fraction of sp³-hybridized carbons (Fsp3) is 0.368. The van der Waals surface area contributed by atoms with E-state index in [9.17, 15) is 27.0 Å². The van der Waals surface area contributed by atoms with Gasteiger partial charge in [0.2, 0.25) is 0 Å². The number of nitrogens with one attached hydrogen (secondary N) is 1. The van der Waals surface area contributed by atoms with Crippen LogP contribution < -0.4 is 4.72 Å². The number of pyridine rings is 1. The third-order valence-electron chi connectivity index (χ3n) is 4.10. The van der Waals surface area contributed by atoms with Crippen molar-refractivity contribution in [2.45, 2.75) is 37.1 Å². The highest BCUT2D eigenvalue weighted by Gasteiger charge is 2.40. The Morgan fingerprint density at radius 3 is 2.28 bits per heavy atom. The summed E-state index contributed by atoms with van der Waals surface area (Å²) < 4.78 is 68.1. The van der Waals surface area contributed by atoms with E-state index in [1.165, 1.54) is 18.3 Å². The number of hydrogen-bond donors (Lipinski definition) is 1. The standard InChI is InChI=1S/C19H18ClF4N3OS/c1-17(2,3)29(28)27-11-18(10-25,16-5-4-14(20)9-26-16)12-6-13(19(22,23)24)8-15(21)7-12/h4-9,27H,11H2,1-3H3/t18-,29?/m0/s1. The van der Waals surface area contributed by atoms with Gasteiger partial charge in [0, 0.05) is 12.7 Å². The van der Waals surface area contributed by atoms with Crippen molar-refractivity contribution in [1.82, 2.24) is 9.71 Å². The van der Waals surface area contributed by atoms with Gasteiger partial charge in [-0.3, -0.25) is 4.98 Å². The van der Waals surface area contributed by atoms with Crippen molar-refractivity contribution in [2.24, 2.45) is 0 Å². The lowest BCUT2D eigenvalue weighted by atomic mass is 9.78. The molecule has 0 aliphatic rings. The Morgan fingerprint density at radius 1 is 1.17 bits per heavy atom. The van der Waals surface area contributed by atoms with E-state index in [0.29, 0.717) is 12.1 Å². The monoisotopic (exact) mass is 447 g/mol. The molecular formula is C19H18ClF4N3OS. The SMILES string of the molecule is CC(C)(C)S(=O)NC[C@@](C#N)(c1cc(F)cc(C(F)(F)F)c1)c1ccc(Cl)cn1. The summed E-state index contributed by atoms with van der Waals surface area (Å²) in [5.41, 5.74) is -3.30. The highest BCUT2D eigenvalue weighted by atomic mass is 35.5. The number of benzene rings is 1. The van der Waals surface area contributed by atoms with Crippen LogP contribution in [0.2, 0.25) is 5.02 Å². The molecule has 2 rings (SSSR count). The summed E-state index contributed by atoms with van der Waals surface area (Å²) in [6, 6.07) is 6.62. The fourth-order valence-corrected chi connectivity index (χ4v) is 3.41. The van der Waals surface area contributed by atoms with Crippen LogP contribution in [0.15, 0.2) is 36.5 Å². The third kappa shape index (κ3) is 5.32. The molecule has 2 atom stereocenters. The number of nitrogens with zero attached hydrogens (tertiary/aromatic N) is 2. The van der Waals surface area contributed by atoms with Crippen molar-refractivity contribution in [1.29, 1.82) is 5.26 Å². The lowest BCUT2D eigenvalue weighted by molar-refractivity contribution is -0.137. The zero-order valence-corrected chi connectivity index (χ0v) is 17.3. The number of rotatable bonds is 5. The Labute approximate surface area is 173 Å². The maximum atomic E-state index is 14.1. The van der Waals surface area contributed by atoms with Crippen LogP contribution in [0.1, 0.15) is 37.6 Å². The fourth-order valence-electron chi connectivity index (χ4n) is 2.52. The minimum Gasteiger partial charge on any atom is -0.258 e. The Balaban J connectivity index is 2.67. The zero-order valence-electron chi connectivity index (χ0n) is 15.8. The third-order valence-corrected chi connectivity index (χ3v) is 5.84. The minimum absolute atomic E-state index is 0.0431. The molecule has 0 aliphatic heterocycles. The average molecular weight is 448 g/mol. The van der Waals surface area contributed by atoms with E-state index in [-0.39, 0.29) is 22.8 Å². The first-order valence-corrected chi connectivity index (χ1v) is 9.89. The lowest BCUT2D eigenvalue weighted by Crippen LogP contribution is -2.43. The van der Waals surface area contributed by atoms with Gasteiger partial charge in [0.1, 0.15) is 11.2 Å². The smallest absolute Gasteiger partial charge is 0.258 e. The van der Waals surface area contributed by atoms with Crippen LogP contribution in [0.3, 0.4) is 0 Å². The van der Waals surface area contributed by atoms with E-state index < -0.39 is 38.7 Å². The molecule has 1 aromatic carbocycles. The molecule has 1 aromatic heterocycles. The molecule has 2 aromatic rings. The summed E-state index contributed by atoms with van der Waals surface area (Å²) in [5, 5.41) is 10.2. The van der Waals surface area contributed by atoms with Gasteiger partial charge in [0.05, 0.1) is 38.1 Å². The van der Waals surface area contributed by atoms with E-state index in [2.05, 4.69) is 9.71 Å². The summed E-state index contributed by atoms with van der Waals surface area (Å²) in [5.74, 6) is -1.15. The van der Waals surface area contributed by atoms with E-state index in [1.54, 1.807) is 20.8 Å². The maximum Gasteiger partial charge on any atom is 0.416 e. The second-order valence-electron chi connectivity index (χ2n) is 7.31. The molecule has 0 fully saturated rings. The van der Waals surface area contributed by atoms with Crippen molar-refractivity contribution in [3.63, 3.8) is 0 Å². The summed E-state index contributed by atoms with van der Waals surface area (Å²) in [7, 11) is -1.64. The minimum atomic E-state index is -4.81. The Bertz CT molecular complexity index is 952. The van der Waals surface area contributed by atoms with Crippen molar-refractivity contribution in [2.75, 3.05) is 6.54 Å². The largest absolute Gasteiger partial charge is 0.416 e. The molecule has 1 N–H and O–H groups in total. The van der Waals surface area contributed by atoms with Gasteiger partial charge in [-0.1, -0.05) is 11.6 Å². The predicted octanol–water partition coefficient (Wildman–Crippen LogP) is 4.75. The van der Waals surface area contributed by atoms with Gasteiger partial charge in [-0.05, 0) is 56.7 Å². The molecular weight excluding hydrogens is 430 g/mol. The van der Waals surface area contributed by atoms with Crippen LogP contribution in [0.25, 0.3) is 0 Å². The molecule has 0 saturated carbocycles. The number of hydrogen-bond acceptors (Lipinski definition) is 3. The summed E-state index contributed by atoms with van der Waals surface area (Å²) in [6.45, 7) is 4.71. The van der Waals surface area contributed by atoms with Gasteiger partial charge in [0.15, 0.2) is 0 Å². The molecule has 0 saturated heterocycles. The molecule has 0 radical (unpaired) electrons. The molecule has 156 valence electrons. The van der Waals surface area contributed by atoms with E-state index in [0.717, 1.165) is 6.07 Å². The molecule has 1 heterocycles. The number of aromatic nitrogens is 1. The molecule has 0 aliphatic carbocycles. The predicted molar refractivity (Wildman–Crippen MR) is 103 cm³/mol. The molecule has 0 bridgehead atoms. The van der Waals surface area contributed by atoms with Crippen molar-refractivity contribution in [3.05, 3.63) is 64.2 Å². The van der Waals surface area contributed by atoms with Gasteiger partial charge in [-0.2, -0.15) is 18.4 Å². The van der Waals surface area contributed by atoms with Crippen LogP contribution in [0.4, 0.5) is 17.6 Å². The first kappa shape index (κ1) is 23.3. The second kappa shape index (κ2) is 8.38. The molecule has 0 spiro atoms.